The molecule has 0 aliphatic rings. The van der Waals surface area contributed by atoms with Gasteiger partial charge in [0.1, 0.15) is 12.0 Å². The number of pyridine rings is 2. The van der Waals surface area contributed by atoms with Gasteiger partial charge in [-0.15, -0.1) is 0 Å². The highest BCUT2D eigenvalue weighted by Crippen LogP contribution is 2.32. The van der Waals surface area contributed by atoms with Crippen molar-refractivity contribution in [1.82, 2.24) is 25.4 Å². The van der Waals surface area contributed by atoms with Crippen LogP contribution in [0.5, 0.6) is 0 Å². The van der Waals surface area contributed by atoms with Gasteiger partial charge in [-0.1, -0.05) is 24.3 Å². The van der Waals surface area contributed by atoms with Crippen molar-refractivity contribution >= 4 is 39.8 Å². The maximum atomic E-state index is 12.2. The maximum Gasteiger partial charge on any atom is 0.355 e. The summed E-state index contributed by atoms with van der Waals surface area (Å²) in [4.78, 5) is 39.6. The summed E-state index contributed by atoms with van der Waals surface area (Å²) in [6, 6.07) is 14.1. The summed E-state index contributed by atoms with van der Waals surface area (Å²) in [7, 11) is 0. The van der Waals surface area contributed by atoms with E-state index in [0.29, 0.717) is 11.2 Å². The number of carbonyl (C=O) groups excluding carboxylic acids is 1. The number of hydrazine groups is 1. The molecule has 1 amide bonds. The maximum absolute atomic E-state index is 12.2. The summed E-state index contributed by atoms with van der Waals surface area (Å²) in [6.45, 7) is 1.86. The van der Waals surface area contributed by atoms with Gasteiger partial charge in [0.05, 0.1) is 16.1 Å². The fraction of sp³-hybridized carbons (Fsp3) is 0.0500. The van der Waals surface area contributed by atoms with E-state index in [1.54, 1.807) is 24.3 Å². The minimum Gasteiger partial charge on any atom is -0.332 e. The highest BCUT2D eigenvalue weighted by Gasteiger charge is 2.24. The van der Waals surface area contributed by atoms with Crippen LogP contribution in [0.15, 0.2) is 61.1 Å². The van der Waals surface area contributed by atoms with E-state index in [0.717, 1.165) is 17.4 Å². The molecule has 0 atom stereocenters. The molecule has 154 valence electrons. The molecule has 1 aromatic carbocycles. The summed E-state index contributed by atoms with van der Waals surface area (Å²) < 4.78 is 0. The minimum atomic E-state index is -0.638. The van der Waals surface area contributed by atoms with Crippen molar-refractivity contribution in [3.05, 3.63) is 82.6 Å². The average Bonchev–Trinajstić information content (AvgIpc) is 2.78. The van der Waals surface area contributed by atoms with Gasteiger partial charge in [0.2, 0.25) is 11.6 Å². The average molecular weight is 416 g/mol. The zero-order chi connectivity index (χ0) is 21.8. The second-order valence-corrected chi connectivity index (χ2v) is 6.43. The number of benzene rings is 1. The Hall–Kier alpha value is -4.67. The molecule has 0 saturated heterocycles. The van der Waals surface area contributed by atoms with Crippen LogP contribution >= 0.6 is 0 Å². The normalized spacial score (nSPS) is 10.5. The molecule has 0 fully saturated rings. The number of nitrogens with one attached hydrogen (secondary N) is 3. The molecular weight excluding hydrogens is 400 g/mol. The van der Waals surface area contributed by atoms with Gasteiger partial charge in [0.15, 0.2) is 0 Å². The van der Waals surface area contributed by atoms with Crippen LogP contribution in [0.3, 0.4) is 0 Å². The molecule has 0 unspecified atom stereocenters. The van der Waals surface area contributed by atoms with Crippen molar-refractivity contribution in [1.29, 1.82) is 0 Å². The molecule has 0 spiro atoms. The molecule has 3 N–H and O–H groups in total. The summed E-state index contributed by atoms with van der Waals surface area (Å²) in [5, 5.41) is 15.6. The number of fused-ring (bicyclic) bond motifs is 1. The number of anilines is 3. The van der Waals surface area contributed by atoms with Crippen LogP contribution in [0.4, 0.5) is 23.0 Å². The third-order valence-electron chi connectivity index (χ3n) is 4.31. The number of hydrogen-bond acceptors (Lipinski definition) is 9. The second kappa shape index (κ2) is 8.37. The summed E-state index contributed by atoms with van der Waals surface area (Å²) in [6.07, 6.45) is 2.61. The molecule has 4 rings (SSSR count). The Morgan fingerprint density at radius 2 is 1.84 bits per heavy atom. The standard InChI is InChI=1S/C20H16N8O3/c1-12-8-9-13-5-4-7-14(16(13)24-12)25-18-17(28(30)31)19(23-11-22-18)26-27-20(29)15-6-2-3-10-21-15/h2-11H,1H3,(H,27,29)(H2,22,23,25,26). The van der Waals surface area contributed by atoms with E-state index >= 15 is 0 Å². The lowest BCUT2D eigenvalue weighted by molar-refractivity contribution is -0.383. The molecule has 3 aromatic heterocycles. The Bertz CT molecular complexity index is 1280. The van der Waals surface area contributed by atoms with Gasteiger partial charge in [-0.05, 0) is 31.2 Å². The Morgan fingerprint density at radius 3 is 2.61 bits per heavy atom. The van der Waals surface area contributed by atoms with E-state index < -0.39 is 16.5 Å². The van der Waals surface area contributed by atoms with E-state index in [2.05, 4.69) is 36.1 Å². The topological polar surface area (TPSA) is 148 Å². The molecule has 0 saturated carbocycles. The fourth-order valence-corrected chi connectivity index (χ4v) is 2.88. The van der Waals surface area contributed by atoms with Gasteiger partial charge in [0, 0.05) is 17.3 Å². The van der Waals surface area contributed by atoms with Gasteiger partial charge >= 0.3 is 5.69 Å². The minimum absolute atomic E-state index is 0.0506. The van der Waals surface area contributed by atoms with E-state index in [4.69, 9.17) is 0 Å². The summed E-state index contributed by atoms with van der Waals surface area (Å²) in [5.74, 6) is -0.807. The first kappa shape index (κ1) is 19.6. The molecule has 3 heterocycles. The summed E-state index contributed by atoms with van der Waals surface area (Å²) in [5.41, 5.74) is 6.53. The number of amides is 1. The highest BCUT2D eigenvalue weighted by molar-refractivity contribution is 5.94. The molecule has 0 bridgehead atoms. The largest absolute Gasteiger partial charge is 0.355 e. The van der Waals surface area contributed by atoms with Crippen LogP contribution in [0.1, 0.15) is 16.2 Å². The Balaban J connectivity index is 1.65. The molecule has 11 heteroatoms. The van der Waals surface area contributed by atoms with Crippen molar-refractivity contribution in [2.45, 2.75) is 6.92 Å². The van der Waals surface area contributed by atoms with Crippen LogP contribution in [0.25, 0.3) is 10.9 Å². The summed E-state index contributed by atoms with van der Waals surface area (Å²) >= 11 is 0. The Kier molecular flexibility index (Phi) is 5.30. The first-order valence-corrected chi connectivity index (χ1v) is 9.13. The first-order valence-electron chi connectivity index (χ1n) is 9.13. The Labute approximate surface area is 175 Å². The number of nitro groups is 1. The van der Waals surface area contributed by atoms with Crippen molar-refractivity contribution < 1.29 is 9.72 Å². The molecule has 31 heavy (non-hydrogen) atoms. The number of carbonyl (C=O) groups is 1. The molecule has 0 radical (unpaired) electrons. The predicted molar refractivity (Wildman–Crippen MR) is 114 cm³/mol. The smallest absolute Gasteiger partial charge is 0.332 e. The third kappa shape index (κ3) is 4.19. The SMILES string of the molecule is Cc1ccc2cccc(Nc3ncnc(NNC(=O)c4ccccn4)c3[N+](=O)[O-])c2n1. The first-order chi connectivity index (χ1) is 15.0. The van der Waals surface area contributed by atoms with Crippen molar-refractivity contribution in [3.8, 4) is 0 Å². The number of aryl methyl sites for hydroxylation is 1. The lowest BCUT2D eigenvalue weighted by atomic mass is 10.1. The predicted octanol–water partition coefficient (Wildman–Crippen LogP) is 3.14. The van der Waals surface area contributed by atoms with Crippen LogP contribution < -0.4 is 16.2 Å². The molecular formula is C20H16N8O3. The van der Waals surface area contributed by atoms with Gasteiger partial charge in [-0.25, -0.2) is 9.97 Å². The number of hydrogen-bond donors (Lipinski definition) is 3. The van der Waals surface area contributed by atoms with Gasteiger partial charge in [-0.3, -0.25) is 35.7 Å². The molecule has 0 aliphatic heterocycles. The molecule has 11 nitrogen and oxygen atoms in total. The van der Waals surface area contributed by atoms with E-state index in [-0.39, 0.29) is 17.3 Å². The lowest BCUT2D eigenvalue weighted by Gasteiger charge is -2.12. The van der Waals surface area contributed by atoms with E-state index in [9.17, 15) is 14.9 Å². The number of rotatable bonds is 6. The van der Waals surface area contributed by atoms with E-state index in [1.807, 2.05) is 25.1 Å². The van der Waals surface area contributed by atoms with Crippen LogP contribution in [0, 0.1) is 17.0 Å². The van der Waals surface area contributed by atoms with E-state index in [1.165, 1.54) is 12.3 Å². The number of nitrogens with zero attached hydrogens (tertiary/aromatic N) is 5. The third-order valence-corrected chi connectivity index (χ3v) is 4.31. The highest BCUT2D eigenvalue weighted by atomic mass is 16.6. The van der Waals surface area contributed by atoms with Crippen LogP contribution in [-0.4, -0.2) is 30.8 Å². The zero-order valence-electron chi connectivity index (χ0n) is 16.2. The van der Waals surface area contributed by atoms with Gasteiger partial charge < -0.3 is 5.32 Å². The Morgan fingerprint density at radius 1 is 1.00 bits per heavy atom. The molecule has 0 aliphatic carbocycles. The molecule has 4 aromatic rings. The fourth-order valence-electron chi connectivity index (χ4n) is 2.88. The quantitative estimate of drug-likeness (QED) is 0.318. The lowest BCUT2D eigenvalue weighted by Crippen LogP contribution is -2.31. The number of para-hydroxylation sites is 1. The zero-order valence-corrected chi connectivity index (χ0v) is 16.2. The van der Waals surface area contributed by atoms with Crippen LogP contribution in [-0.2, 0) is 0 Å². The van der Waals surface area contributed by atoms with Crippen molar-refractivity contribution in [3.63, 3.8) is 0 Å². The second-order valence-electron chi connectivity index (χ2n) is 6.43. The monoisotopic (exact) mass is 416 g/mol. The van der Waals surface area contributed by atoms with Crippen molar-refractivity contribution in [2.24, 2.45) is 0 Å². The van der Waals surface area contributed by atoms with Gasteiger partial charge in [0.25, 0.3) is 5.91 Å². The number of aromatic nitrogens is 4. The van der Waals surface area contributed by atoms with Gasteiger partial charge in [-0.2, -0.15) is 0 Å². The van der Waals surface area contributed by atoms with Crippen molar-refractivity contribution in [2.75, 3.05) is 10.7 Å². The van der Waals surface area contributed by atoms with Crippen LogP contribution in [0.2, 0.25) is 0 Å².